The van der Waals surface area contributed by atoms with E-state index in [1.807, 2.05) is 38.1 Å². The van der Waals surface area contributed by atoms with Crippen molar-refractivity contribution in [3.05, 3.63) is 106 Å². The minimum atomic E-state index is -0.718. The van der Waals surface area contributed by atoms with Crippen molar-refractivity contribution in [1.82, 2.24) is 9.80 Å². The lowest BCUT2D eigenvalue weighted by Gasteiger charge is -2.36. The van der Waals surface area contributed by atoms with Crippen molar-refractivity contribution in [3.8, 4) is 0 Å². The monoisotopic (exact) mass is 472 g/mol. The highest BCUT2D eigenvalue weighted by molar-refractivity contribution is 6.15. The van der Waals surface area contributed by atoms with Crippen LogP contribution < -0.4 is 0 Å². The quantitative estimate of drug-likeness (QED) is 0.413. The van der Waals surface area contributed by atoms with Crippen molar-refractivity contribution in [3.63, 3.8) is 0 Å². The highest BCUT2D eigenvalue weighted by Crippen LogP contribution is 2.41. The van der Waals surface area contributed by atoms with E-state index in [4.69, 9.17) is 4.42 Å². The Balaban J connectivity index is 1.81. The molecule has 0 aliphatic carbocycles. The van der Waals surface area contributed by atoms with Gasteiger partial charge in [0.15, 0.2) is 11.5 Å². The van der Waals surface area contributed by atoms with Crippen LogP contribution in [0, 0.1) is 13.8 Å². The SMILES string of the molecule is CCN(CC)C(CN1C(=O)C(O)=C(C(=O)c2ccco2)C1c1ccccc1C)c1ccc(C)cc1. The van der Waals surface area contributed by atoms with Gasteiger partial charge in [-0.1, -0.05) is 67.9 Å². The Labute approximate surface area is 206 Å². The van der Waals surface area contributed by atoms with Gasteiger partial charge in [-0.3, -0.25) is 14.5 Å². The number of aryl methyl sites for hydroxylation is 2. The number of likely N-dealkylation sites (N-methyl/N-ethyl adjacent to an activating group) is 1. The first kappa shape index (κ1) is 24.5. The molecule has 6 nitrogen and oxygen atoms in total. The van der Waals surface area contributed by atoms with Gasteiger partial charge in [0.1, 0.15) is 0 Å². The lowest BCUT2D eigenvalue weighted by atomic mass is 9.91. The summed E-state index contributed by atoms with van der Waals surface area (Å²) in [5.41, 5.74) is 4.04. The number of amides is 1. The van der Waals surface area contributed by atoms with E-state index in [0.717, 1.165) is 35.3 Å². The lowest BCUT2D eigenvalue weighted by Crippen LogP contribution is -2.41. The number of ketones is 1. The highest BCUT2D eigenvalue weighted by atomic mass is 16.3. The van der Waals surface area contributed by atoms with Crippen LogP contribution in [0.2, 0.25) is 0 Å². The second-order valence-corrected chi connectivity index (χ2v) is 8.93. The maximum absolute atomic E-state index is 13.5. The molecule has 0 spiro atoms. The van der Waals surface area contributed by atoms with E-state index in [-0.39, 0.29) is 17.4 Å². The number of benzene rings is 2. The summed E-state index contributed by atoms with van der Waals surface area (Å²) in [7, 11) is 0. The predicted molar refractivity (Wildman–Crippen MR) is 135 cm³/mol. The molecule has 1 aliphatic heterocycles. The van der Waals surface area contributed by atoms with Crippen molar-refractivity contribution in [1.29, 1.82) is 0 Å². The van der Waals surface area contributed by atoms with Crippen molar-refractivity contribution in [2.24, 2.45) is 0 Å². The molecule has 0 fully saturated rings. The van der Waals surface area contributed by atoms with Crippen LogP contribution >= 0.6 is 0 Å². The van der Waals surface area contributed by atoms with E-state index in [0.29, 0.717) is 6.54 Å². The first-order valence-corrected chi connectivity index (χ1v) is 12.1. The Morgan fingerprint density at radius 3 is 2.31 bits per heavy atom. The van der Waals surface area contributed by atoms with Crippen molar-refractivity contribution in [2.45, 2.75) is 39.8 Å². The van der Waals surface area contributed by atoms with Gasteiger partial charge < -0.3 is 14.4 Å². The number of Topliss-reactive ketones (excluding diaryl/α,β-unsaturated/α-hetero) is 1. The molecule has 0 bridgehead atoms. The molecule has 2 atom stereocenters. The van der Waals surface area contributed by atoms with Gasteiger partial charge in [0.2, 0.25) is 5.78 Å². The summed E-state index contributed by atoms with van der Waals surface area (Å²) in [6.07, 6.45) is 1.41. The van der Waals surface area contributed by atoms with Gasteiger partial charge in [0.05, 0.1) is 23.9 Å². The van der Waals surface area contributed by atoms with Gasteiger partial charge in [-0.15, -0.1) is 0 Å². The maximum Gasteiger partial charge on any atom is 0.290 e. The van der Waals surface area contributed by atoms with Crippen LogP contribution in [0.5, 0.6) is 0 Å². The number of rotatable bonds is 9. The Bertz CT molecular complexity index is 1220. The largest absolute Gasteiger partial charge is 0.503 e. The minimum absolute atomic E-state index is 0.0569. The molecule has 0 radical (unpaired) electrons. The summed E-state index contributed by atoms with van der Waals surface area (Å²) in [4.78, 5) is 30.9. The normalized spacial score (nSPS) is 16.9. The van der Waals surface area contributed by atoms with Crippen LogP contribution in [0.15, 0.2) is 82.7 Å². The molecule has 0 saturated heterocycles. The third-order valence-electron chi connectivity index (χ3n) is 6.86. The highest BCUT2D eigenvalue weighted by Gasteiger charge is 2.46. The molecule has 6 heteroatoms. The first-order valence-electron chi connectivity index (χ1n) is 12.1. The molecular weight excluding hydrogens is 440 g/mol. The smallest absolute Gasteiger partial charge is 0.290 e. The van der Waals surface area contributed by atoms with Crippen molar-refractivity contribution >= 4 is 11.7 Å². The van der Waals surface area contributed by atoms with Gasteiger partial charge in [0.25, 0.3) is 5.91 Å². The fraction of sp³-hybridized carbons (Fsp3) is 0.310. The summed E-state index contributed by atoms with van der Waals surface area (Å²) in [6.45, 7) is 10.1. The number of aliphatic hydroxyl groups is 1. The molecule has 2 unspecified atom stereocenters. The van der Waals surface area contributed by atoms with Crippen molar-refractivity contribution < 1.29 is 19.1 Å². The number of hydrogen-bond acceptors (Lipinski definition) is 5. The third-order valence-corrected chi connectivity index (χ3v) is 6.86. The number of carbonyl (C=O) groups excluding carboxylic acids is 2. The summed E-state index contributed by atoms with van der Waals surface area (Å²) in [5.74, 6) is -1.44. The maximum atomic E-state index is 13.5. The van der Waals surface area contributed by atoms with E-state index >= 15 is 0 Å². The number of hydrogen-bond donors (Lipinski definition) is 1. The standard InChI is InChI=1S/C29H32N2O4/c1-5-30(6-2)23(21-15-13-19(3)14-16-21)18-31-26(22-11-8-7-10-20(22)4)25(28(33)29(31)34)27(32)24-12-9-17-35-24/h7-17,23,26,33H,5-6,18H2,1-4H3. The molecule has 3 aromatic rings. The minimum Gasteiger partial charge on any atom is -0.503 e. The van der Waals surface area contributed by atoms with Crippen LogP contribution in [0.3, 0.4) is 0 Å². The van der Waals surface area contributed by atoms with E-state index in [2.05, 4.69) is 43.0 Å². The summed E-state index contributed by atoms with van der Waals surface area (Å²) < 4.78 is 5.34. The molecule has 2 heterocycles. The number of furan rings is 1. The van der Waals surface area contributed by atoms with Crippen LogP contribution in [0.25, 0.3) is 0 Å². The zero-order valence-electron chi connectivity index (χ0n) is 20.7. The summed E-state index contributed by atoms with van der Waals surface area (Å²) >= 11 is 0. The first-order chi connectivity index (χ1) is 16.9. The Morgan fingerprint density at radius 2 is 1.71 bits per heavy atom. The van der Waals surface area contributed by atoms with Gasteiger partial charge in [0, 0.05) is 6.54 Å². The van der Waals surface area contributed by atoms with E-state index < -0.39 is 23.5 Å². The zero-order valence-corrected chi connectivity index (χ0v) is 20.7. The van der Waals surface area contributed by atoms with Crippen molar-refractivity contribution in [2.75, 3.05) is 19.6 Å². The Hall–Kier alpha value is -3.64. The molecular formula is C29H32N2O4. The molecule has 1 aromatic heterocycles. The Kier molecular flexibility index (Phi) is 7.22. The summed E-state index contributed by atoms with van der Waals surface area (Å²) in [5, 5.41) is 11.0. The average Bonchev–Trinajstić information content (AvgIpc) is 3.48. The molecule has 1 amide bonds. The fourth-order valence-corrected chi connectivity index (χ4v) is 4.90. The van der Waals surface area contributed by atoms with Gasteiger partial charge in [-0.2, -0.15) is 0 Å². The zero-order chi connectivity index (χ0) is 25.1. The van der Waals surface area contributed by atoms with Crippen LogP contribution in [-0.4, -0.2) is 46.2 Å². The van der Waals surface area contributed by atoms with E-state index in [1.165, 1.54) is 6.26 Å². The molecule has 0 saturated carbocycles. The molecule has 1 aliphatic rings. The molecule has 4 rings (SSSR count). The second-order valence-electron chi connectivity index (χ2n) is 8.93. The molecule has 35 heavy (non-hydrogen) atoms. The lowest BCUT2D eigenvalue weighted by molar-refractivity contribution is -0.130. The predicted octanol–water partition coefficient (Wildman–Crippen LogP) is 5.56. The fourth-order valence-electron chi connectivity index (χ4n) is 4.90. The van der Waals surface area contributed by atoms with Gasteiger partial charge >= 0.3 is 0 Å². The average molecular weight is 473 g/mol. The topological polar surface area (TPSA) is 74.0 Å². The van der Waals surface area contributed by atoms with Crippen LogP contribution in [0.4, 0.5) is 0 Å². The number of carbonyl (C=O) groups is 2. The molecule has 2 aromatic carbocycles. The third kappa shape index (κ3) is 4.66. The Morgan fingerprint density at radius 1 is 1.03 bits per heavy atom. The molecule has 182 valence electrons. The van der Waals surface area contributed by atoms with Crippen LogP contribution in [-0.2, 0) is 4.79 Å². The number of aliphatic hydroxyl groups excluding tert-OH is 1. The van der Waals surface area contributed by atoms with Gasteiger partial charge in [-0.05, 0) is 55.8 Å². The van der Waals surface area contributed by atoms with Crippen LogP contribution in [0.1, 0.15) is 58.7 Å². The van der Waals surface area contributed by atoms with E-state index in [9.17, 15) is 14.7 Å². The van der Waals surface area contributed by atoms with E-state index in [1.54, 1.807) is 17.0 Å². The molecule has 1 N–H and O–H groups in total. The second kappa shape index (κ2) is 10.3. The summed E-state index contributed by atoms with van der Waals surface area (Å²) in [6, 6.07) is 18.3. The number of nitrogens with zero attached hydrogens (tertiary/aromatic N) is 2. The van der Waals surface area contributed by atoms with Gasteiger partial charge in [-0.25, -0.2) is 0 Å².